The third-order valence-corrected chi connectivity index (χ3v) is 3.44. The number of ether oxygens (including phenoxy) is 1. The second kappa shape index (κ2) is 4.58. The van der Waals surface area contributed by atoms with E-state index in [0.29, 0.717) is 15.6 Å². The number of carbonyl (C=O) groups is 2. The van der Waals surface area contributed by atoms with E-state index in [2.05, 4.69) is 11.3 Å². The summed E-state index contributed by atoms with van der Waals surface area (Å²) in [6, 6.07) is 4.53. The minimum absolute atomic E-state index is 0.337. The molecule has 0 unspecified atom stereocenters. The maximum absolute atomic E-state index is 11.9. The van der Waals surface area contributed by atoms with Gasteiger partial charge in [0.05, 0.1) is 22.8 Å². The van der Waals surface area contributed by atoms with Gasteiger partial charge in [0.25, 0.3) is 11.5 Å². The maximum atomic E-state index is 11.9. The highest BCUT2D eigenvalue weighted by atomic mass is 32.1. The van der Waals surface area contributed by atoms with Gasteiger partial charge >= 0.3 is 5.97 Å². The summed E-state index contributed by atoms with van der Waals surface area (Å²) in [5.74, 6) is -0.972. The van der Waals surface area contributed by atoms with Crippen molar-refractivity contribution in [1.29, 1.82) is 0 Å². The van der Waals surface area contributed by atoms with Gasteiger partial charge in [-0.1, -0.05) is 6.58 Å². The highest BCUT2D eigenvalue weighted by Gasteiger charge is 2.14. The molecule has 2 aromatic rings. The fraction of sp³-hybridized carbons (Fsp3) is 0.0833. The van der Waals surface area contributed by atoms with Gasteiger partial charge in [-0.3, -0.25) is 9.59 Å². The van der Waals surface area contributed by atoms with Gasteiger partial charge in [-0.2, -0.15) is 3.96 Å². The fourth-order valence-electron chi connectivity index (χ4n) is 1.50. The largest absolute Gasteiger partial charge is 0.465 e. The number of fused-ring (bicyclic) bond motifs is 1. The van der Waals surface area contributed by atoms with Gasteiger partial charge in [0, 0.05) is 0 Å². The molecule has 0 N–H and O–H groups in total. The number of allylic oxidation sites excluding steroid dienone is 1. The zero-order valence-corrected chi connectivity index (χ0v) is 10.3. The van der Waals surface area contributed by atoms with Crippen molar-refractivity contribution >= 4 is 33.5 Å². The molecule has 92 valence electrons. The van der Waals surface area contributed by atoms with Crippen LogP contribution in [-0.2, 0) is 4.74 Å². The van der Waals surface area contributed by atoms with Crippen LogP contribution in [0, 0.1) is 0 Å². The molecule has 1 aromatic heterocycles. The fourth-order valence-corrected chi connectivity index (χ4v) is 2.47. The zero-order chi connectivity index (χ0) is 13.3. The molecule has 0 fully saturated rings. The van der Waals surface area contributed by atoms with Gasteiger partial charge in [-0.05, 0) is 35.8 Å². The summed E-state index contributed by atoms with van der Waals surface area (Å²) in [5.41, 5.74) is -0.0687. The van der Waals surface area contributed by atoms with E-state index in [1.165, 1.54) is 25.3 Å². The Morgan fingerprint density at radius 1 is 1.44 bits per heavy atom. The van der Waals surface area contributed by atoms with E-state index in [1.54, 1.807) is 0 Å². The van der Waals surface area contributed by atoms with Crippen molar-refractivity contribution < 1.29 is 14.3 Å². The first kappa shape index (κ1) is 12.3. The molecule has 0 saturated carbocycles. The Labute approximate surface area is 106 Å². The molecule has 0 radical (unpaired) electrons. The molecule has 0 atom stereocenters. The first-order valence-corrected chi connectivity index (χ1v) is 5.77. The molecule has 0 aliphatic rings. The van der Waals surface area contributed by atoms with Crippen molar-refractivity contribution in [2.45, 2.75) is 0 Å². The number of nitrogens with zero attached hydrogens (tertiary/aromatic N) is 1. The molecule has 6 heteroatoms. The van der Waals surface area contributed by atoms with Crippen LogP contribution in [0.15, 0.2) is 35.6 Å². The Morgan fingerprint density at radius 2 is 2.17 bits per heavy atom. The summed E-state index contributed by atoms with van der Waals surface area (Å²) >= 11 is 0.974. The van der Waals surface area contributed by atoms with E-state index >= 15 is 0 Å². The van der Waals surface area contributed by atoms with E-state index in [0.717, 1.165) is 21.6 Å². The highest BCUT2D eigenvalue weighted by molar-refractivity contribution is 7.14. The number of esters is 1. The number of carbonyl (C=O) groups excluding carboxylic acids is 2. The Balaban J connectivity index is 2.66. The summed E-state index contributed by atoms with van der Waals surface area (Å²) < 4.78 is 6.14. The lowest BCUT2D eigenvalue weighted by atomic mass is 10.2. The summed E-state index contributed by atoms with van der Waals surface area (Å²) in [6.07, 6.45) is 1.07. The molecular weight excluding hydrogens is 254 g/mol. The van der Waals surface area contributed by atoms with Crippen LogP contribution in [0.25, 0.3) is 10.1 Å². The van der Waals surface area contributed by atoms with Gasteiger partial charge in [-0.15, -0.1) is 0 Å². The van der Waals surface area contributed by atoms with Crippen LogP contribution in [0.1, 0.15) is 15.2 Å². The molecule has 0 aliphatic heterocycles. The Bertz CT molecular complexity index is 710. The lowest BCUT2D eigenvalue weighted by molar-refractivity contribution is 0.0601. The van der Waals surface area contributed by atoms with Gasteiger partial charge in [0.2, 0.25) is 0 Å². The third kappa shape index (κ3) is 1.86. The molecule has 0 amide bonds. The molecule has 0 saturated heterocycles. The molecule has 2 rings (SSSR count). The van der Waals surface area contributed by atoms with Crippen molar-refractivity contribution in [1.82, 2.24) is 3.96 Å². The van der Waals surface area contributed by atoms with E-state index in [1.807, 2.05) is 0 Å². The zero-order valence-electron chi connectivity index (χ0n) is 9.50. The second-order valence-corrected chi connectivity index (χ2v) is 4.42. The maximum Gasteiger partial charge on any atom is 0.337 e. The smallest absolute Gasteiger partial charge is 0.337 e. The number of hydrogen-bond acceptors (Lipinski definition) is 5. The van der Waals surface area contributed by atoms with Crippen molar-refractivity contribution in [3.8, 4) is 0 Å². The molecule has 0 aliphatic carbocycles. The predicted octanol–water partition coefficient (Wildman–Crippen LogP) is 1.68. The normalized spacial score (nSPS) is 10.3. The van der Waals surface area contributed by atoms with E-state index in [9.17, 15) is 14.4 Å². The summed E-state index contributed by atoms with van der Waals surface area (Å²) in [7, 11) is 1.28. The van der Waals surface area contributed by atoms with Crippen LogP contribution in [0.2, 0.25) is 0 Å². The van der Waals surface area contributed by atoms with E-state index < -0.39 is 17.4 Å². The van der Waals surface area contributed by atoms with Gasteiger partial charge in [0.1, 0.15) is 0 Å². The molecule has 1 aromatic carbocycles. The standard InChI is InChI=1S/C12H9NO4S/c1-3-10(14)13-11(15)8-5-4-7(12(16)17-2)6-9(8)18-13/h3-6H,1H2,2H3. The minimum Gasteiger partial charge on any atom is -0.465 e. The van der Waals surface area contributed by atoms with Crippen molar-refractivity contribution in [3.63, 3.8) is 0 Å². The summed E-state index contributed by atoms with van der Waals surface area (Å²) in [6.45, 7) is 3.33. The van der Waals surface area contributed by atoms with Crippen LogP contribution in [0.4, 0.5) is 0 Å². The lowest BCUT2D eigenvalue weighted by Gasteiger charge is -1.97. The third-order valence-electron chi connectivity index (χ3n) is 2.38. The lowest BCUT2D eigenvalue weighted by Crippen LogP contribution is -2.18. The van der Waals surface area contributed by atoms with Gasteiger partial charge in [0.15, 0.2) is 0 Å². The molecular formula is C12H9NO4S. The van der Waals surface area contributed by atoms with Crippen LogP contribution in [0.3, 0.4) is 0 Å². The van der Waals surface area contributed by atoms with Gasteiger partial charge in [-0.25, -0.2) is 4.79 Å². The number of methoxy groups -OCH3 is 1. The van der Waals surface area contributed by atoms with Crippen molar-refractivity contribution in [2.24, 2.45) is 0 Å². The number of benzene rings is 1. The molecule has 18 heavy (non-hydrogen) atoms. The Hall–Kier alpha value is -2.21. The quantitative estimate of drug-likeness (QED) is 0.610. The molecule has 0 bridgehead atoms. The number of rotatable bonds is 2. The SMILES string of the molecule is C=CC(=O)n1sc2cc(C(=O)OC)ccc2c1=O. The monoisotopic (exact) mass is 263 g/mol. The molecule has 1 heterocycles. The number of hydrogen-bond donors (Lipinski definition) is 0. The van der Waals surface area contributed by atoms with E-state index in [4.69, 9.17) is 0 Å². The van der Waals surface area contributed by atoms with Crippen LogP contribution in [0.5, 0.6) is 0 Å². The average Bonchev–Trinajstić information content (AvgIpc) is 2.73. The Morgan fingerprint density at radius 3 is 2.78 bits per heavy atom. The van der Waals surface area contributed by atoms with Crippen LogP contribution in [-0.4, -0.2) is 22.9 Å². The first-order chi connectivity index (χ1) is 8.58. The Kier molecular flexibility index (Phi) is 3.12. The van der Waals surface area contributed by atoms with E-state index in [-0.39, 0.29) is 0 Å². The average molecular weight is 263 g/mol. The van der Waals surface area contributed by atoms with Crippen molar-refractivity contribution in [3.05, 3.63) is 46.8 Å². The summed E-state index contributed by atoms with van der Waals surface area (Å²) in [5, 5.41) is 0.392. The minimum atomic E-state index is -0.487. The first-order valence-electron chi connectivity index (χ1n) is 4.99. The number of aromatic nitrogens is 1. The second-order valence-electron chi connectivity index (χ2n) is 3.44. The van der Waals surface area contributed by atoms with Crippen LogP contribution >= 0.6 is 11.5 Å². The van der Waals surface area contributed by atoms with Crippen LogP contribution < -0.4 is 5.56 Å². The van der Waals surface area contributed by atoms with Crippen molar-refractivity contribution in [2.75, 3.05) is 7.11 Å². The molecule has 0 spiro atoms. The highest BCUT2D eigenvalue weighted by Crippen LogP contribution is 2.19. The van der Waals surface area contributed by atoms with Gasteiger partial charge < -0.3 is 4.74 Å². The topological polar surface area (TPSA) is 65.4 Å². The summed E-state index contributed by atoms with van der Waals surface area (Å²) in [4.78, 5) is 34.7. The molecule has 5 nitrogen and oxygen atoms in total. The predicted molar refractivity (Wildman–Crippen MR) is 68.2 cm³/mol.